The number of oxazole rings is 1. The highest BCUT2D eigenvalue weighted by Crippen LogP contribution is 2.32. The number of thioether (sulfide) groups is 1. The van der Waals surface area contributed by atoms with Gasteiger partial charge in [0.05, 0.1) is 12.0 Å². The van der Waals surface area contributed by atoms with Gasteiger partial charge < -0.3 is 9.15 Å². The van der Waals surface area contributed by atoms with E-state index < -0.39 is 4.92 Å². The third kappa shape index (κ3) is 3.40. The number of hydrogen-bond acceptors (Lipinski definition) is 6. The summed E-state index contributed by atoms with van der Waals surface area (Å²) in [4.78, 5) is 14.8. The van der Waals surface area contributed by atoms with Crippen molar-refractivity contribution in [2.75, 3.05) is 7.11 Å². The molecule has 0 amide bonds. The highest BCUT2D eigenvalue weighted by molar-refractivity contribution is 7.98. The summed E-state index contributed by atoms with van der Waals surface area (Å²) in [7, 11) is 1.52. The van der Waals surface area contributed by atoms with Crippen LogP contribution in [0.15, 0.2) is 46.0 Å². The molecule has 6 nitrogen and oxygen atoms in total. The largest absolute Gasteiger partial charge is 0.496 e. The summed E-state index contributed by atoms with van der Waals surface area (Å²) in [5, 5.41) is 11.9. The van der Waals surface area contributed by atoms with Crippen molar-refractivity contribution >= 4 is 40.1 Å². The Hall–Kier alpha value is -2.25. The van der Waals surface area contributed by atoms with Gasteiger partial charge in [0.2, 0.25) is 0 Å². The molecule has 0 unspecified atom stereocenters. The molecule has 0 N–H and O–H groups in total. The van der Waals surface area contributed by atoms with Crippen LogP contribution in [0, 0.1) is 10.1 Å². The van der Waals surface area contributed by atoms with Gasteiger partial charge in [-0.2, -0.15) is 0 Å². The van der Waals surface area contributed by atoms with Crippen molar-refractivity contribution < 1.29 is 14.1 Å². The Morgan fingerprint density at radius 1 is 1.35 bits per heavy atom. The van der Waals surface area contributed by atoms with Crippen LogP contribution < -0.4 is 4.74 Å². The summed E-state index contributed by atoms with van der Waals surface area (Å²) in [5.41, 5.74) is 2.03. The van der Waals surface area contributed by atoms with Crippen molar-refractivity contribution in [3.63, 3.8) is 0 Å². The number of aromatic nitrogens is 1. The Morgan fingerprint density at radius 3 is 2.91 bits per heavy atom. The minimum atomic E-state index is -0.435. The van der Waals surface area contributed by atoms with Crippen LogP contribution in [0.4, 0.5) is 5.69 Å². The minimum absolute atomic E-state index is 0.0192. The topological polar surface area (TPSA) is 78.4 Å². The van der Waals surface area contributed by atoms with E-state index in [1.807, 2.05) is 0 Å². The van der Waals surface area contributed by atoms with Crippen molar-refractivity contribution in [3.05, 3.63) is 57.1 Å². The Bertz CT molecular complexity index is 881. The molecule has 23 heavy (non-hydrogen) atoms. The summed E-state index contributed by atoms with van der Waals surface area (Å²) in [5.74, 6) is 1.02. The first kappa shape index (κ1) is 15.6. The van der Waals surface area contributed by atoms with Gasteiger partial charge in [-0.3, -0.25) is 10.1 Å². The van der Waals surface area contributed by atoms with Crippen molar-refractivity contribution in [1.82, 2.24) is 4.98 Å². The van der Waals surface area contributed by atoms with Crippen LogP contribution in [0.1, 0.15) is 5.56 Å². The SMILES string of the molecule is COc1ccc([N+](=O)[O-])cc1CSc1nc2cc(Cl)ccc2o1. The standard InChI is InChI=1S/C15H11ClN2O4S/c1-21-13-5-3-11(18(19)20)6-9(13)8-23-15-17-12-7-10(16)2-4-14(12)22-15/h2-7H,8H2,1H3. The maximum atomic E-state index is 10.9. The third-order valence-corrected chi connectivity index (χ3v) is 4.27. The van der Waals surface area contributed by atoms with Crippen molar-refractivity contribution in [2.24, 2.45) is 0 Å². The predicted molar refractivity (Wildman–Crippen MR) is 88.2 cm³/mol. The molecule has 118 valence electrons. The minimum Gasteiger partial charge on any atom is -0.496 e. The second-order valence-electron chi connectivity index (χ2n) is 4.63. The van der Waals surface area contributed by atoms with Crippen LogP contribution in [0.5, 0.6) is 5.75 Å². The lowest BCUT2D eigenvalue weighted by Gasteiger charge is -2.06. The third-order valence-electron chi connectivity index (χ3n) is 3.16. The zero-order valence-corrected chi connectivity index (χ0v) is 13.6. The summed E-state index contributed by atoms with van der Waals surface area (Å²) in [6, 6.07) is 9.69. The lowest BCUT2D eigenvalue weighted by atomic mass is 10.2. The Morgan fingerprint density at radius 2 is 2.17 bits per heavy atom. The molecular weight excluding hydrogens is 340 g/mol. The second kappa shape index (κ2) is 6.47. The number of rotatable bonds is 5. The number of nitro benzene ring substituents is 1. The number of ether oxygens (including phenoxy) is 1. The molecule has 2 aromatic carbocycles. The van der Waals surface area contributed by atoms with Gasteiger partial charge in [-0.15, -0.1) is 0 Å². The van der Waals surface area contributed by atoms with Gasteiger partial charge in [0, 0.05) is 28.5 Å². The van der Waals surface area contributed by atoms with Crippen LogP contribution in [0.2, 0.25) is 5.02 Å². The normalized spacial score (nSPS) is 10.9. The van der Waals surface area contributed by atoms with E-state index in [4.69, 9.17) is 20.8 Å². The van der Waals surface area contributed by atoms with E-state index in [-0.39, 0.29) is 5.69 Å². The molecule has 0 aliphatic heterocycles. The molecule has 0 saturated carbocycles. The molecule has 0 spiro atoms. The lowest BCUT2D eigenvalue weighted by molar-refractivity contribution is -0.384. The Labute approximate surface area is 140 Å². The second-order valence-corrected chi connectivity index (χ2v) is 6.00. The van der Waals surface area contributed by atoms with Crippen LogP contribution in [-0.2, 0) is 5.75 Å². The molecule has 8 heteroatoms. The first-order valence-electron chi connectivity index (χ1n) is 6.57. The highest BCUT2D eigenvalue weighted by atomic mass is 35.5. The van der Waals surface area contributed by atoms with Gasteiger partial charge in [0.1, 0.15) is 11.3 Å². The number of nitro groups is 1. The summed E-state index contributed by atoms with van der Waals surface area (Å²) >= 11 is 7.25. The molecule has 1 aromatic heterocycles. The first-order chi connectivity index (χ1) is 11.1. The van der Waals surface area contributed by atoms with Crippen LogP contribution in [-0.4, -0.2) is 17.0 Å². The fourth-order valence-electron chi connectivity index (χ4n) is 2.07. The van der Waals surface area contributed by atoms with Gasteiger partial charge in [-0.25, -0.2) is 4.98 Å². The molecule has 3 rings (SSSR count). The maximum Gasteiger partial charge on any atom is 0.270 e. The molecular formula is C15H11ClN2O4S. The number of non-ortho nitro benzene ring substituents is 1. The fraction of sp³-hybridized carbons (Fsp3) is 0.133. The van der Waals surface area contributed by atoms with Crippen molar-refractivity contribution in [1.29, 1.82) is 0 Å². The van der Waals surface area contributed by atoms with E-state index in [1.165, 1.54) is 31.0 Å². The van der Waals surface area contributed by atoms with E-state index in [9.17, 15) is 10.1 Å². The van der Waals surface area contributed by atoms with Crippen molar-refractivity contribution in [3.8, 4) is 5.75 Å². The lowest BCUT2D eigenvalue weighted by Crippen LogP contribution is -1.94. The fourth-order valence-corrected chi connectivity index (χ4v) is 3.05. The van der Waals surface area contributed by atoms with Crippen molar-refractivity contribution in [2.45, 2.75) is 11.0 Å². The van der Waals surface area contributed by atoms with Crippen LogP contribution >= 0.6 is 23.4 Å². The molecule has 0 fully saturated rings. The van der Waals surface area contributed by atoms with E-state index in [1.54, 1.807) is 24.3 Å². The molecule has 0 radical (unpaired) electrons. The summed E-state index contributed by atoms with van der Waals surface area (Å²) in [6.45, 7) is 0. The van der Waals surface area contributed by atoms with Gasteiger partial charge in [0.25, 0.3) is 10.9 Å². The average Bonchev–Trinajstić information content (AvgIpc) is 2.94. The van der Waals surface area contributed by atoms with E-state index >= 15 is 0 Å². The number of halogens is 1. The quantitative estimate of drug-likeness (QED) is 0.377. The monoisotopic (exact) mass is 350 g/mol. The molecule has 3 aromatic rings. The molecule has 0 bridgehead atoms. The predicted octanol–water partition coefficient (Wildman–Crippen LogP) is 4.69. The first-order valence-corrected chi connectivity index (χ1v) is 7.93. The van der Waals surface area contributed by atoms with E-state index in [0.717, 1.165) is 0 Å². The summed E-state index contributed by atoms with van der Waals surface area (Å²) in [6.07, 6.45) is 0. The highest BCUT2D eigenvalue weighted by Gasteiger charge is 2.13. The Balaban J connectivity index is 1.83. The van der Waals surface area contributed by atoms with E-state index in [0.29, 0.717) is 38.4 Å². The van der Waals surface area contributed by atoms with Crippen LogP contribution in [0.3, 0.4) is 0 Å². The molecule has 1 heterocycles. The average molecular weight is 351 g/mol. The number of benzene rings is 2. The number of nitrogens with zero attached hydrogens (tertiary/aromatic N) is 2. The number of methoxy groups -OCH3 is 1. The maximum absolute atomic E-state index is 10.9. The van der Waals surface area contributed by atoms with Gasteiger partial charge in [0.15, 0.2) is 5.58 Å². The van der Waals surface area contributed by atoms with Crippen LogP contribution in [0.25, 0.3) is 11.1 Å². The van der Waals surface area contributed by atoms with Gasteiger partial charge >= 0.3 is 0 Å². The summed E-state index contributed by atoms with van der Waals surface area (Å²) < 4.78 is 10.9. The van der Waals surface area contributed by atoms with Gasteiger partial charge in [-0.05, 0) is 24.3 Å². The zero-order chi connectivity index (χ0) is 16.4. The molecule has 0 saturated heterocycles. The molecule has 0 atom stereocenters. The smallest absolute Gasteiger partial charge is 0.270 e. The molecule has 0 aliphatic carbocycles. The number of hydrogen-bond donors (Lipinski definition) is 0. The zero-order valence-electron chi connectivity index (χ0n) is 12.0. The molecule has 0 aliphatic rings. The number of fused-ring (bicyclic) bond motifs is 1. The Kier molecular flexibility index (Phi) is 4.40. The van der Waals surface area contributed by atoms with E-state index in [2.05, 4.69) is 4.98 Å². The van der Waals surface area contributed by atoms with Gasteiger partial charge in [-0.1, -0.05) is 23.4 Å².